The number of amides is 1. The summed E-state index contributed by atoms with van der Waals surface area (Å²) in [7, 11) is 3.93. The molecule has 0 spiro atoms. The lowest BCUT2D eigenvalue weighted by atomic mass is 10.1. The summed E-state index contributed by atoms with van der Waals surface area (Å²) in [6.07, 6.45) is 0. The molecular weight excluding hydrogens is 232 g/mol. The molecule has 0 fully saturated rings. The predicted octanol–water partition coefficient (Wildman–Crippen LogP) is 0.415. The smallest absolute Gasteiger partial charge is 0.233 e. The normalized spacial score (nSPS) is 14.1. The van der Waals surface area contributed by atoms with E-state index in [4.69, 9.17) is 10.9 Å². The van der Waals surface area contributed by atoms with Crippen LogP contribution in [0.1, 0.15) is 20.8 Å². The van der Waals surface area contributed by atoms with Crippen LogP contribution in [0.5, 0.6) is 0 Å². The standard InChI is InChI=1S/C12H26N4O2/c1-9(2)8-16(7-6-15(4)5)12(17)10(3)11(13)14-18/h9-10,18H,6-8H2,1-5H3,(H2,13,14). The molecule has 3 N–H and O–H groups in total. The van der Waals surface area contributed by atoms with Gasteiger partial charge in [0.05, 0.1) is 5.92 Å². The number of amidine groups is 1. The van der Waals surface area contributed by atoms with Gasteiger partial charge in [0.2, 0.25) is 5.91 Å². The van der Waals surface area contributed by atoms with Crippen LogP contribution in [0.2, 0.25) is 0 Å². The third-order valence-corrected chi connectivity index (χ3v) is 2.64. The molecule has 0 radical (unpaired) electrons. The van der Waals surface area contributed by atoms with Crippen molar-refractivity contribution < 1.29 is 10.0 Å². The lowest BCUT2D eigenvalue weighted by Gasteiger charge is -2.28. The second-order valence-electron chi connectivity index (χ2n) is 5.23. The third kappa shape index (κ3) is 5.86. The maximum absolute atomic E-state index is 12.2. The molecule has 0 aliphatic heterocycles. The summed E-state index contributed by atoms with van der Waals surface area (Å²) in [6.45, 7) is 7.89. The molecule has 106 valence electrons. The first-order valence-corrected chi connectivity index (χ1v) is 6.20. The summed E-state index contributed by atoms with van der Waals surface area (Å²) in [4.78, 5) is 16.0. The van der Waals surface area contributed by atoms with Crippen LogP contribution in [0, 0.1) is 11.8 Å². The summed E-state index contributed by atoms with van der Waals surface area (Å²) in [5, 5.41) is 11.5. The van der Waals surface area contributed by atoms with Crippen molar-refractivity contribution >= 4 is 11.7 Å². The van der Waals surface area contributed by atoms with Crippen molar-refractivity contribution in [3.8, 4) is 0 Å². The van der Waals surface area contributed by atoms with E-state index in [1.807, 2.05) is 19.0 Å². The molecular formula is C12H26N4O2. The molecule has 0 saturated heterocycles. The van der Waals surface area contributed by atoms with Gasteiger partial charge in [-0.25, -0.2) is 0 Å². The van der Waals surface area contributed by atoms with Gasteiger partial charge >= 0.3 is 0 Å². The Morgan fingerprint density at radius 2 is 1.83 bits per heavy atom. The number of carbonyl (C=O) groups excluding carboxylic acids is 1. The van der Waals surface area contributed by atoms with Gasteiger partial charge < -0.3 is 20.7 Å². The van der Waals surface area contributed by atoms with E-state index >= 15 is 0 Å². The average Bonchev–Trinajstić information content (AvgIpc) is 2.30. The van der Waals surface area contributed by atoms with Crippen molar-refractivity contribution in [1.29, 1.82) is 0 Å². The number of carbonyl (C=O) groups is 1. The molecule has 0 heterocycles. The number of hydrogen-bond acceptors (Lipinski definition) is 4. The van der Waals surface area contributed by atoms with Gasteiger partial charge in [-0.3, -0.25) is 4.79 Å². The van der Waals surface area contributed by atoms with E-state index in [2.05, 4.69) is 19.0 Å². The lowest BCUT2D eigenvalue weighted by molar-refractivity contribution is -0.133. The van der Waals surface area contributed by atoms with Crippen LogP contribution < -0.4 is 5.73 Å². The number of rotatable bonds is 7. The molecule has 0 rings (SSSR count). The molecule has 0 aromatic carbocycles. The molecule has 0 aromatic rings. The van der Waals surface area contributed by atoms with E-state index < -0.39 is 5.92 Å². The topological polar surface area (TPSA) is 82.2 Å². The van der Waals surface area contributed by atoms with Crippen molar-refractivity contribution in [3.63, 3.8) is 0 Å². The van der Waals surface area contributed by atoms with Crippen LogP contribution >= 0.6 is 0 Å². The highest BCUT2D eigenvalue weighted by atomic mass is 16.4. The Morgan fingerprint density at radius 1 is 1.28 bits per heavy atom. The van der Waals surface area contributed by atoms with Crippen LogP contribution in [-0.2, 0) is 4.79 Å². The fraction of sp³-hybridized carbons (Fsp3) is 0.833. The summed E-state index contributed by atoms with van der Waals surface area (Å²) >= 11 is 0. The highest BCUT2D eigenvalue weighted by molar-refractivity contribution is 6.01. The number of nitrogens with zero attached hydrogens (tertiary/aromatic N) is 3. The first kappa shape index (κ1) is 16.7. The first-order chi connectivity index (χ1) is 8.29. The third-order valence-electron chi connectivity index (χ3n) is 2.64. The number of oxime groups is 1. The maximum atomic E-state index is 12.2. The summed E-state index contributed by atoms with van der Waals surface area (Å²) in [5.41, 5.74) is 5.48. The zero-order chi connectivity index (χ0) is 14.3. The van der Waals surface area contributed by atoms with Gasteiger partial charge in [0.25, 0.3) is 0 Å². The Kier molecular flexibility index (Phi) is 7.35. The van der Waals surface area contributed by atoms with Gasteiger partial charge in [0.1, 0.15) is 0 Å². The van der Waals surface area contributed by atoms with Gasteiger partial charge in [-0.2, -0.15) is 0 Å². The highest BCUT2D eigenvalue weighted by Gasteiger charge is 2.24. The number of nitrogens with two attached hydrogens (primary N) is 1. The second-order valence-corrected chi connectivity index (χ2v) is 5.23. The van der Waals surface area contributed by atoms with E-state index in [1.165, 1.54) is 0 Å². The largest absolute Gasteiger partial charge is 0.409 e. The van der Waals surface area contributed by atoms with Crippen LogP contribution in [0.15, 0.2) is 5.16 Å². The van der Waals surface area contributed by atoms with Crippen LogP contribution in [-0.4, -0.2) is 60.5 Å². The molecule has 18 heavy (non-hydrogen) atoms. The Labute approximate surface area is 109 Å². The monoisotopic (exact) mass is 258 g/mol. The van der Waals surface area contributed by atoms with Gasteiger partial charge in [0.15, 0.2) is 5.84 Å². The fourth-order valence-corrected chi connectivity index (χ4v) is 1.54. The molecule has 0 saturated carbocycles. The van der Waals surface area contributed by atoms with Gasteiger partial charge in [-0.05, 0) is 26.9 Å². The Hall–Kier alpha value is -1.30. The molecule has 0 aromatic heterocycles. The first-order valence-electron chi connectivity index (χ1n) is 6.20. The lowest BCUT2D eigenvalue weighted by Crippen LogP contribution is -2.44. The summed E-state index contributed by atoms with van der Waals surface area (Å²) in [5.74, 6) is -0.342. The van der Waals surface area contributed by atoms with Gasteiger partial charge in [-0.1, -0.05) is 19.0 Å². The van der Waals surface area contributed by atoms with E-state index in [-0.39, 0.29) is 11.7 Å². The summed E-state index contributed by atoms with van der Waals surface area (Å²) < 4.78 is 0. The SMILES string of the molecule is CC(C)CN(CCN(C)C)C(=O)C(C)/C(N)=N\O. The van der Waals surface area contributed by atoms with E-state index in [0.717, 1.165) is 6.54 Å². The summed E-state index contributed by atoms with van der Waals surface area (Å²) in [6, 6.07) is 0. The Morgan fingerprint density at radius 3 is 2.22 bits per heavy atom. The molecule has 0 aliphatic rings. The minimum atomic E-state index is -0.587. The van der Waals surface area contributed by atoms with Crippen molar-refractivity contribution in [1.82, 2.24) is 9.80 Å². The molecule has 0 aliphatic carbocycles. The van der Waals surface area contributed by atoms with Gasteiger partial charge in [-0.15, -0.1) is 0 Å². The Bertz CT molecular complexity index is 290. The van der Waals surface area contributed by atoms with Crippen LogP contribution in [0.4, 0.5) is 0 Å². The predicted molar refractivity (Wildman–Crippen MR) is 72.5 cm³/mol. The number of hydrogen-bond donors (Lipinski definition) is 2. The van der Waals surface area contributed by atoms with E-state index in [9.17, 15) is 4.79 Å². The highest BCUT2D eigenvalue weighted by Crippen LogP contribution is 2.06. The van der Waals surface area contributed by atoms with Crippen molar-refractivity contribution in [2.45, 2.75) is 20.8 Å². The van der Waals surface area contributed by atoms with Crippen molar-refractivity contribution in [2.75, 3.05) is 33.7 Å². The fourth-order valence-electron chi connectivity index (χ4n) is 1.54. The Balaban J connectivity index is 4.68. The molecule has 6 heteroatoms. The molecule has 1 atom stereocenters. The van der Waals surface area contributed by atoms with Gasteiger partial charge in [0, 0.05) is 19.6 Å². The van der Waals surface area contributed by atoms with Crippen molar-refractivity contribution in [2.24, 2.45) is 22.7 Å². The van der Waals surface area contributed by atoms with Crippen LogP contribution in [0.3, 0.4) is 0 Å². The maximum Gasteiger partial charge on any atom is 0.233 e. The molecule has 6 nitrogen and oxygen atoms in total. The quantitative estimate of drug-likeness (QED) is 0.300. The number of likely N-dealkylation sites (N-methyl/N-ethyl adjacent to an activating group) is 1. The minimum Gasteiger partial charge on any atom is -0.409 e. The van der Waals surface area contributed by atoms with E-state index in [1.54, 1.807) is 11.8 Å². The molecule has 0 bridgehead atoms. The molecule has 1 amide bonds. The average molecular weight is 258 g/mol. The zero-order valence-electron chi connectivity index (χ0n) is 12.1. The van der Waals surface area contributed by atoms with Crippen LogP contribution in [0.25, 0.3) is 0 Å². The minimum absolute atomic E-state index is 0.0430. The zero-order valence-corrected chi connectivity index (χ0v) is 12.1. The van der Waals surface area contributed by atoms with E-state index in [0.29, 0.717) is 19.0 Å². The van der Waals surface area contributed by atoms with Crippen molar-refractivity contribution in [3.05, 3.63) is 0 Å². The second kappa shape index (κ2) is 7.92. The molecule has 1 unspecified atom stereocenters.